The zero-order valence-electron chi connectivity index (χ0n) is 11.9. The Morgan fingerprint density at radius 3 is 2.18 bits per heavy atom. The molecule has 5 heteroatoms. The lowest BCUT2D eigenvalue weighted by molar-refractivity contribution is -0.140. The normalized spacial score (nSPS) is 33.0. The molecule has 2 fully saturated rings. The number of imide groups is 1. The minimum atomic E-state index is -0.252. The van der Waals surface area contributed by atoms with Crippen LogP contribution in [0, 0.1) is 23.7 Å². The molecule has 1 heterocycles. The smallest absolute Gasteiger partial charge is 0.254 e. The number of phenolic OH excluding ortho intramolecular Hbond substituents is 1. The van der Waals surface area contributed by atoms with Gasteiger partial charge in [-0.25, -0.2) is 0 Å². The third-order valence-electron chi connectivity index (χ3n) is 4.99. The maximum Gasteiger partial charge on any atom is 0.254 e. The van der Waals surface area contributed by atoms with Crippen LogP contribution in [0.3, 0.4) is 0 Å². The molecule has 0 unspecified atom stereocenters. The average molecular weight is 296 g/mol. The lowest BCUT2D eigenvalue weighted by Crippen LogP contribution is -2.38. The number of fused-ring (bicyclic) bond motifs is 1. The minimum absolute atomic E-state index is 0.0736. The predicted octanol–water partition coefficient (Wildman–Crippen LogP) is 1.92. The summed E-state index contributed by atoms with van der Waals surface area (Å²) >= 11 is 0. The van der Waals surface area contributed by atoms with Crippen molar-refractivity contribution in [1.82, 2.24) is 5.01 Å². The van der Waals surface area contributed by atoms with E-state index in [2.05, 4.69) is 17.3 Å². The van der Waals surface area contributed by atoms with Crippen LogP contribution < -0.4 is 0 Å². The quantitative estimate of drug-likeness (QED) is 0.515. The molecule has 4 aliphatic rings. The van der Waals surface area contributed by atoms with E-state index >= 15 is 0 Å². The van der Waals surface area contributed by atoms with E-state index < -0.39 is 0 Å². The number of amides is 2. The first-order chi connectivity index (χ1) is 10.7. The number of allylic oxidation sites excluding steroid dienone is 2. The Kier molecular flexibility index (Phi) is 2.89. The highest BCUT2D eigenvalue weighted by molar-refractivity contribution is 6.06. The summed E-state index contributed by atoms with van der Waals surface area (Å²) in [5.74, 6) is -0.518. The van der Waals surface area contributed by atoms with E-state index in [4.69, 9.17) is 0 Å². The number of carbonyl (C=O) groups excluding carboxylic acids is 2. The number of hydrazone groups is 1. The lowest BCUT2D eigenvalue weighted by atomic mass is 9.63. The predicted molar refractivity (Wildman–Crippen MR) is 79.9 cm³/mol. The van der Waals surface area contributed by atoms with Gasteiger partial charge >= 0.3 is 0 Å². The van der Waals surface area contributed by atoms with Gasteiger partial charge < -0.3 is 5.11 Å². The molecule has 2 bridgehead atoms. The van der Waals surface area contributed by atoms with E-state index in [0.29, 0.717) is 5.56 Å². The van der Waals surface area contributed by atoms with Crippen LogP contribution in [0.2, 0.25) is 0 Å². The van der Waals surface area contributed by atoms with E-state index in [1.807, 2.05) is 0 Å². The summed E-state index contributed by atoms with van der Waals surface area (Å²) < 4.78 is 0. The summed E-state index contributed by atoms with van der Waals surface area (Å²) in [4.78, 5) is 25.1. The number of hydrogen-bond donors (Lipinski definition) is 1. The molecular formula is C17H16N2O3. The van der Waals surface area contributed by atoms with Crippen molar-refractivity contribution in [2.75, 3.05) is 0 Å². The second kappa shape index (κ2) is 4.80. The van der Waals surface area contributed by atoms with Crippen LogP contribution in [-0.4, -0.2) is 28.1 Å². The molecule has 4 atom stereocenters. The highest BCUT2D eigenvalue weighted by Crippen LogP contribution is 2.49. The maximum atomic E-state index is 12.5. The topological polar surface area (TPSA) is 70.0 Å². The van der Waals surface area contributed by atoms with E-state index in [-0.39, 0.29) is 41.2 Å². The molecule has 1 aromatic rings. The zero-order valence-corrected chi connectivity index (χ0v) is 11.9. The number of phenols is 1. The molecule has 112 valence electrons. The van der Waals surface area contributed by atoms with Crippen molar-refractivity contribution < 1.29 is 14.7 Å². The Morgan fingerprint density at radius 2 is 1.64 bits per heavy atom. The Morgan fingerprint density at radius 1 is 1.05 bits per heavy atom. The summed E-state index contributed by atoms with van der Waals surface area (Å²) in [5, 5.41) is 14.8. The van der Waals surface area contributed by atoms with Crippen molar-refractivity contribution in [1.29, 1.82) is 0 Å². The molecule has 0 spiro atoms. The van der Waals surface area contributed by atoms with Crippen molar-refractivity contribution in [3.05, 3.63) is 42.0 Å². The fourth-order valence-corrected chi connectivity index (χ4v) is 3.89. The van der Waals surface area contributed by atoms with Crippen LogP contribution in [0.25, 0.3) is 0 Å². The molecule has 2 amide bonds. The van der Waals surface area contributed by atoms with Crippen molar-refractivity contribution in [2.24, 2.45) is 28.8 Å². The van der Waals surface area contributed by atoms with Crippen LogP contribution in [0.4, 0.5) is 0 Å². The highest BCUT2D eigenvalue weighted by atomic mass is 16.3. The van der Waals surface area contributed by atoms with Crippen molar-refractivity contribution >= 4 is 18.0 Å². The van der Waals surface area contributed by atoms with Gasteiger partial charge in [-0.05, 0) is 36.8 Å². The Hall–Kier alpha value is -2.43. The molecule has 1 saturated carbocycles. The average Bonchev–Trinajstić information content (AvgIpc) is 2.82. The van der Waals surface area contributed by atoms with E-state index in [9.17, 15) is 14.7 Å². The first kappa shape index (κ1) is 13.2. The summed E-state index contributed by atoms with van der Waals surface area (Å²) in [7, 11) is 0. The van der Waals surface area contributed by atoms with Gasteiger partial charge in [-0.1, -0.05) is 24.3 Å². The number of hydrogen-bond acceptors (Lipinski definition) is 4. The van der Waals surface area contributed by atoms with Crippen LogP contribution >= 0.6 is 0 Å². The van der Waals surface area contributed by atoms with Crippen LogP contribution in [-0.2, 0) is 9.59 Å². The fraction of sp³-hybridized carbons (Fsp3) is 0.353. The first-order valence-electron chi connectivity index (χ1n) is 7.55. The molecular weight excluding hydrogens is 280 g/mol. The molecule has 1 aliphatic heterocycles. The van der Waals surface area contributed by atoms with Crippen LogP contribution in [0.1, 0.15) is 18.4 Å². The summed E-state index contributed by atoms with van der Waals surface area (Å²) in [6.07, 6.45) is 7.47. The number of carbonyl (C=O) groups is 2. The molecule has 3 aliphatic carbocycles. The monoisotopic (exact) mass is 296 g/mol. The molecule has 0 radical (unpaired) electrons. The van der Waals surface area contributed by atoms with Crippen LogP contribution in [0.15, 0.2) is 41.5 Å². The van der Waals surface area contributed by atoms with Gasteiger partial charge in [0.25, 0.3) is 11.8 Å². The summed E-state index contributed by atoms with van der Waals surface area (Å²) in [6, 6.07) is 6.69. The van der Waals surface area contributed by atoms with E-state index in [1.54, 1.807) is 24.3 Å². The van der Waals surface area contributed by atoms with Gasteiger partial charge in [0.1, 0.15) is 5.75 Å². The molecule has 0 aromatic heterocycles. The first-order valence-corrected chi connectivity index (χ1v) is 7.55. The fourth-order valence-electron chi connectivity index (χ4n) is 3.89. The summed E-state index contributed by atoms with van der Waals surface area (Å²) in [6.45, 7) is 0. The van der Waals surface area contributed by atoms with E-state index in [1.165, 1.54) is 6.21 Å². The third kappa shape index (κ3) is 1.81. The third-order valence-corrected chi connectivity index (χ3v) is 4.99. The van der Waals surface area contributed by atoms with Crippen molar-refractivity contribution in [2.45, 2.75) is 12.8 Å². The van der Waals surface area contributed by atoms with Gasteiger partial charge in [0, 0.05) is 5.56 Å². The minimum Gasteiger partial charge on any atom is -0.507 e. The van der Waals surface area contributed by atoms with Gasteiger partial charge in [0.15, 0.2) is 0 Å². The van der Waals surface area contributed by atoms with E-state index in [0.717, 1.165) is 17.9 Å². The highest BCUT2D eigenvalue weighted by Gasteiger charge is 2.56. The standard InChI is InChI=1S/C17H16N2O3/c20-13-4-2-1-3-12(13)9-18-19-16(21)14-10-5-6-11(8-7-10)15(14)17(19)22/h1-6,9-11,14-15,20H,7-8H2/b18-9+/t10-,11-,14-,15-/m0/s1. The summed E-state index contributed by atoms with van der Waals surface area (Å²) in [5.41, 5.74) is 0.485. The second-order valence-corrected chi connectivity index (χ2v) is 6.13. The Bertz CT molecular complexity index is 678. The molecule has 5 nitrogen and oxygen atoms in total. The molecule has 5 rings (SSSR count). The van der Waals surface area contributed by atoms with Gasteiger partial charge in [0.05, 0.1) is 18.1 Å². The molecule has 1 saturated heterocycles. The zero-order chi connectivity index (χ0) is 15.3. The molecule has 22 heavy (non-hydrogen) atoms. The Labute approximate surface area is 127 Å². The van der Waals surface area contributed by atoms with Gasteiger partial charge in [-0.3, -0.25) is 9.59 Å². The van der Waals surface area contributed by atoms with Crippen molar-refractivity contribution in [3.8, 4) is 5.75 Å². The largest absolute Gasteiger partial charge is 0.507 e. The maximum absolute atomic E-state index is 12.5. The lowest BCUT2D eigenvalue weighted by Gasteiger charge is -2.37. The number of nitrogens with zero attached hydrogens (tertiary/aromatic N) is 2. The SMILES string of the molecule is O=C1[C@@H]2[C@@H](C(=O)N1/N=C/c1ccccc1O)[C@H]1C=C[C@H]2CC1. The number of aromatic hydroxyl groups is 1. The number of para-hydroxylation sites is 1. The van der Waals surface area contributed by atoms with Gasteiger partial charge in [-0.15, -0.1) is 0 Å². The number of rotatable bonds is 2. The van der Waals surface area contributed by atoms with Crippen LogP contribution in [0.5, 0.6) is 5.75 Å². The Balaban J connectivity index is 1.63. The van der Waals surface area contributed by atoms with Gasteiger partial charge in [0.2, 0.25) is 0 Å². The molecule has 1 N–H and O–H groups in total. The molecule has 1 aromatic carbocycles. The number of benzene rings is 1. The second-order valence-electron chi connectivity index (χ2n) is 6.13. The van der Waals surface area contributed by atoms with Gasteiger partial charge in [-0.2, -0.15) is 10.1 Å². The van der Waals surface area contributed by atoms with Crippen molar-refractivity contribution in [3.63, 3.8) is 0 Å².